The maximum atomic E-state index is 12.7. The minimum absolute atomic E-state index is 0.120. The van der Waals surface area contributed by atoms with Gasteiger partial charge in [0.1, 0.15) is 5.82 Å². The summed E-state index contributed by atoms with van der Waals surface area (Å²) in [6.07, 6.45) is 0.531. The Morgan fingerprint density at radius 3 is 2.35 bits per heavy atom. The molecule has 0 saturated heterocycles. The van der Waals surface area contributed by atoms with Gasteiger partial charge in [-0.25, -0.2) is 4.39 Å². The second-order valence-corrected chi connectivity index (χ2v) is 5.06. The second-order valence-electron chi connectivity index (χ2n) is 5.06. The zero-order valence-corrected chi connectivity index (χ0v) is 10.2. The molecule has 2 aromatic rings. The zero-order valence-electron chi connectivity index (χ0n) is 10.2. The molecule has 1 heterocycles. The fourth-order valence-electron chi connectivity index (χ4n) is 1.41. The molecule has 0 atom stereocenters. The van der Waals surface area contributed by atoms with Gasteiger partial charge in [-0.2, -0.15) is 4.98 Å². The molecular weight excluding hydrogens is 219 g/mol. The smallest absolute Gasteiger partial charge is 0.231 e. The van der Waals surface area contributed by atoms with Crippen LogP contribution in [0.1, 0.15) is 38.0 Å². The van der Waals surface area contributed by atoms with E-state index in [4.69, 9.17) is 4.52 Å². The standard InChI is InChI=1S/C13H15FN2O/c1-13(2,3)12-15-11(17-16-12)8-9-4-6-10(14)7-5-9/h4-7H,8H2,1-3H3. The maximum Gasteiger partial charge on any atom is 0.231 e. The van der Waals surface area contributed by atoms with Gasteiger partial charge in [-0.1, -0.05) is 38.1 Å². The van der Waals surface area contributed by atoms with Gasteiger partial charge >= 0.3 is 0 Å². The minimum atomic E-state index is -0.241. The van der Waals surface area contributed by atoms with Crippen molar-refractivity contribution >= 4 is 0 Å². The van der Waals surface area contributed by atoms with Crippen molar-refractivity contribution in [3.63, 3.8) is 0 Å². The summed E-state index contributed by atoms with van der Waals surface area (Å²) in [5.41, 5.74) is 0.834. The third kappa shape index (κ3) is 2.90. The summed E-state index contributed by atoms with van der Waals surface area (Å²) in [6.45, 7) is 6.08. The highest BCUT2D eigenvalue weighted by molar-refractivity contribution is 5.19. The van der Waals surface area contributed by atoms with Crippen molar-refractivity contribution < 1.29 is 8.91 Å². The molecule has 0 bridgehead atoms. The van der Waals surface area contributed by atoms with Crippen molar-refractivity contribution in [2.75, 3.05) is 0 Å². The first-order valence-electron chi connectivity index (χ1n) is 5.52. The van der Waals surface area contributed by atoms with Crippen LogP contribution >= 0.6 is 0 Å². The molecule has 0 unspecified atom stereocenters. The Labute approximate surface area is 99.7 Å². The van der Waals surface area contributed by atoms with Crippen LogP contribution in [-0.4, -0.2) is 10.1 Å². The lowest BCUT2D eigenvalue weighted by Gasteiger charge is -2.10. The van der Waals surface area contributed by atoms with Gasteiger partial charge in [0, 0.05) is 5.41 Å². The van der Waals surface area contributed by atoms with Crippen molar-refractivity contribution in [3.8, 4) is 0 Å². The van der Waals surface area contributed by atoms with Crippen LogP contribution in [0.25, 0.3) is 0 Å². The molecule has 17 heavy (non-hydrogen) atoms. The highest BCUT2D eigenvalue weighted by Crippen LogP contribution is 2.19. The van der Waals surface area contributed by atoms with E-state index in [9.17, 15) is 4.39 Å². The van der Waals surface area contributed by atoms with Crippen molar-refractivity contribution in [3.05, 3.63) is 47.4 Å². The van der Waals surface area contributed by atoms with E-state index in [1.54, 1.807) is 12.1 Å². The quantitative estimate of drug-likeness (QED) is 0.801. The van der Waals surface area contributed by atoms with Crippen LogP contribution in [0.4, 0.5) is 4.39 Å². The molecule has 0 aliphatic rings. The van der Waals surface area contributed by atoms with Gasteiger partial charge in [-0.05, 0) is 17.7 Å². The summed E-state index contributed by atoms with van der Waals surface area (Å²) in [5.74, 6) is 1.01. The molecule has 0 aliphatic carbocycles. The van der Waals surface area contributed by atoms with Gasteiger partial charge < -0.3 is 4.52 Å². The summed E-state index contributed by atoms with van der Waals surface area (Å²) in [4.78, 5) is 4.33. The van der Waals surface area contributed by atoms with E-state index >= 15 is 0 Å². The van der Waals surface area contributed by atoms with Gasteiger partial charge in [0.05, 0.1) is 6.42 Å². The summed E-state index contributed by atoms with van der Waals surface area (Å²) >= 11 is 0. The van der Waals surface area contributed by atoms with Gasteiger partial charge in [-0.3, -0.25) is 0 Å². The average Bonchev–Trinajstić information content (AvgIpc) is 2.69. The van der Waals surface area contributed by atoms with Crippen molar-refractivity contribution in [2.24, 2.45) is 0 Å². The normalized spacial score (nSPS) is 11.8. The van der Waals surface area contributed by atoms with E-state index in [1.165, 1.54) is 12.1 Å². The Morgan fingerprint density at radius 1 is 1.18 bits per heavy atom. The van der Waals surface area contributed by atoms with Crippen LogP contribution in [0, 0.1) is 5.82 Å². The van der Waals surface area contributed by atoms with Gasteiger partial charge in [0.25, 0.3) is 0 Å². The number of benzene rings is 1. The summed E-state index contributed by atoms with van der Waals surface area (Å²) in [5, 5.41) is 3.94. The number of nitrogens with zero attached hydrogens (tertiary/aromatic N) is 2. The van der Waals surface area contributed by atoms with Gasteiger partial charge in [-0.15, -0.1) is 0 Å². The molecule has 2 rings (SSSR count). The Balaban J connectivity index is 2.14. The van der Waals surface area contributed by atoms with Crippen molar-refractivity contribution in [1.29, 1.82) is 0 Å². The fraction of sp³-hybridized carbons (Fsp3) is 0.385. The molecule has 1 aromatic heterocycles. The molecule has 0 radical (unpaired) electrons. The van der Waals surface area contributed by atoms with Crippen LogP contribution in [0.3, 0.4) is 0 Å². The van der Waals surface area contributed by atoms with Gasteiger partial charge in [0.15, 0.2) is 5.82 Å². The van der Waals surface area contributed by atoms with Crippen LogP contribution in [0.15, 0.2) is 28.8 Å². The lowest BCUT2D eigenvalue weighted by atomic mass is 9.96. The Morgan fingerprint density at radius 2 is 1.82 bits per heavy atom. The molecule has 0 saturated carbocycles. The summed E-state index contributed by atoms with van der Waals surface area (Å²) in [7, 11) is 0. The van der Waals surface area contributed by atoms with Crippen LogP contribution < -0.4 is 0 Å². The van der Waals surface area contributed by atoms with E-state index in [-0.39, 0.29) is 11.2 Å². The second kappa shape index (κ2) is 4.28. The third-order valence-corrected chi connectivity index (χ3v) is 2.41. The topological polar surface area (TPSA) is 38.9 Å². The number of rotatable bonds is 2. The van der Waals surface area contributed by atoms with Gasteiger partial charge in [0.2, 0.25) is 5.89 Å². The number of aromatic nitrogens is 2. The highest BCUT2D eigenvalue weighted by Gasteiger charge is 2.20. The van der Waals surface area contributed by atoms with Crippen LogP contribution in [0.5, 0.6) is 0 Å². The lowest BCUT2D eigenvalue weighted by Crippen LogP contribution is -2.13. The number of halogens is 1. The van der Waals surface area contributed by atoms with Crippen molar-refractivity contribution in [2.45, 2.75) is 32.6 Å². The maximum absolute atomic E-state index is 12.7. The molecule has 0 N–H and O–H groups in total. The summed E-state index contributed by atoms with van der Waals surface area (Å²) < 4.78 is 17.9. The molecule has 4 heteroatoms. The molecule has 0 amide bonds. The Kier molecular flexibility index (Phi) is 2.96. The predicted molar refractivity (Wildman–Crippen MR) is 62.2 cm³/mol. The minimum Gasteiger partial charge on any atom is -0.339 e. The average molecular weight is 234 g/mol. The first-order chi connectivity index (χ1) is 7.95. The first kappa shape index (κ1) is 11.8. The molecule has 0 fully saturated rings. The van der Waals surface area contributed by atoms with E-state index in [2.05, 4.69) is 10.1 Å². The molecule has 3 nitrogen and oxygen atoms in total. The molecule has 0 spiro atoms. The van der Waals surface area contributed by atoms with E-state index in [1.807, 2.05) is 20.8 Å². The Bertz CT molecular complexity index is 497. The van der Waals surface area contributed by atoms with Crippen molar-refractivity contribution in [1.82, 2.24) is 10.1 Å². The fourth-order valence-corrected chi connectivity index (χ4v) is 1.41. The molecular formula is C13H15FN2O. The number of hydrogen-bond donors (Lipinski definition) is 0. The highest BCUT2D eigenvalue weighted by atomic mass is 19.1. The third-order valence-electron chi connectivity index (χ3n) is 2.41. The van der Waals surface area contributed by atoms with E-state index < -0.39 is 0 Å². The number of hydrogen-bond acceptors (Lipinski definition) is 3. The molecule has 90 valence electrons. The lowest BCUT2D eigenvalue weighted by molar-refractivity contribution is 0.368. The Hall–Kier alpha value is -1.71. The van der Waals surface area contributed by atoms with Crippen LogP contribution in [0.2, 0.25) is 0 Å². The zero-order chi connectivity index (χ0) is 12.5. The molecule has 1 aromatic carbocycles. The van der Waals surface area contributed by atoms with Crippen LogP contribution in [-0.2, 0) is 11.8 Å². The monoisotopic (exact) mass is 234 g/mol. The predicted octanol–water partition coefficient (Wildman–Crippen LogP) is 3.10. The SMILES string of the molecule is CC(C)(C)c1noc(Cc2ccc(F)cc2)n1. The van der Waals surface area contributed by atoms with E-state index in [0.717, 1.165) is 5.56 Å². The first-order valence-corrected chi connectivity index (χ1v) is 5.52. The van der Waals surface area contributed by atoms with E-state index in [0.29, 0.717) is 18.1 Å². The largest absolute Gasteiger partial charge is 0.339 e. The molecule has 0 aliphatic heterocycles. The summed E-state index contributed by atoms with van der Waals surface area (Å²) in [6, 6.07) is 6.29.